The van der Waals surface area contributed by atoms with E-state index in [1.807, 2.05) is 6.92 Å². The molecule has 0 unspecified atom stereocenters. The number of aliphatic carboxylic acids is 1. The van der Waals surface area contributed by atoms with Crippen LogP contribution in [0.5, 0.6) is 0 Å². The Bertz CT molecular complexity index is 694. The Hall–Kier alpha value is -2.70. The molecule has 0 fully saturated rings. The number of aromatic nitrogens is 3. The molecule has 0 saturated heterocycles. The van der Waals surface area contributed by atoms with Gasteiger partial charge in [-0.15, -0.1) is 0 Å². The van der Waals surface area contributed by atoms with Crippen molar-refractivity contribution >= 4 is 11.8 Å². The number of pyridine rings is 1. The maximum absolute atomic E-state index is 11.6. The summed E-state index contributed by atoms with van der Waals surface area (Å²) >= 11 is 0. The molecule has 0 saturated carbocycles. The van der Waals surface area contributed by atoms with Gasteiger partial charge in [-0.25, -0.2) is 9.97 Å². The fourth-order valence-electron chi connectivity index (χ4n) is 1.86. The van der Waals surface area contributed by atoms with Crippen LogP contribution in [-0.2, 0) is 11.2 Å². The van der Waals surface area contributed by atoms with Crippen LogP contribution in [0.1, 0.15) is 12.6 Å². The zero-order valence-electron chi connectivity index (χ0n) is 11.8. The van der Waals surface area contributed by atoms with E-state index in [1.54, 1.807) is 25.4 Å². The summed E-state index contributed by atoms with van der Waals surface area (Å²) in [5.41, 5.74) is 1.18. The molecule has 0 aromatic carbocycles. The van der Waals surface area contributed by atoms with Gasteiger partial charge in [0.1, 0.15) is 18.2 Å². The minimum absolute atomic E-state index is 0.132. The second-order valence-corrected chi connectivity index (χ2v) is 4.59. The average molecular weight is 288 g/mol. The maximum atomic E-state index is 11.6. The first-order valence-corrected chi connectivity index (χ1v) is 6.49. The van der Waals surface area contributed by atoms with Crippen LogP contribution in [0, 0.1) is 0 Å². The molecule has 7 nitrogen and oxygen atoms in total. The average Bonchev–Trinajstić information content (AvgIpc) is 2.46. The Morgan fingerprint density at radius 3 is 2.76 bits per heavy atom. The number of carboxylic acids is 1. The highest BCUT2D eigenvalue weighted by molar-refractivity contribution is 5.73. The lowest BCUT2D eigenvalue weighted by Gasteiger charge is -2.15. The number of nitrogens with zero attached hydrogens (tertiary/aromatic N) is 3. The van der Waals surface area contributed by atoms with Gasteiger partial charge in [-0.05, 0) is 18.6 Å². The lowest BCUT2D eigenvalue weighted by molar-refractivity contribution is -0.135. The molecule has 0 amide bonds. The topological polar surface area (TPSA) is 99.2 Å². The highest BCUT2D eigenvalue weighted by Gasteiger charge is 2.08. The number of nitrogens with one attached hydrogen (secondary N) is 1. The fraction of sp³-hybridized carbons (Fsp3) is 0.286. The van der Waals surface area contributed by atoms with Crippen molar-refractivity contribution in [1.82, 2.24) is 15.0 Å². The van der Waals surface area contributed by atoms with Crippen molar-refractivity contribution in [2.24, 2.45) is 0 Å². The molecule has 0 atom stereocenters. The van der Waals surface area contributed by atoms with Crippen molar-refractivity contribution in [1.29, 1.82) is 0 Å². The van der Waals surface area contributed by atoms with E-state index in [0.29, 0.717) is 29.3 Å². The molecule has 110 valence electrons. The standard InChI is InChI=1S/C14H16N4O3/c1-3-10-6-12(19)17-14(16-10)9-4-5-11(15-7-9)18(2)8-13(20)21/h4-7H,3,8H2,1-2H3,(H,20,21)(H,16,17,19). The van der Waals surface area contributed by atoms with Crippen LogP contribution in [0.3, 0.4) is 0 Å². The Morgan fingerprint density at radius 1 is 1.43 bits per heavy atom. The molecule has 2 aromatic rings. The normalized spacial score (nSPS) is 10.4. The van der Waals surface area contributed by atoms with Gasteiger partial charge in [0.25, 0.3) is 5.56 Å². The molecule has 2 rings (SSSR count). The van der Waals surface area contributed by atoms with Crippen molar-refractivity contribution in [3.05, 3.63) is 40.4 Å². The van der Waals surface area contributed by atoms with Crippen LogP contribution in [-0.4, -0.2) is 39.6 Å². The van der Waals surface area contributed by atoms with Crippen LogP contribution in [0.4, 0.5) is 5.82 Å². The third kappa shape index (κ3) is 3.65. The van der Waals surface area contributed by atoms with Gasteiger partial charge in [0.15, 0.2) is 0 Å². The number of likely N-dealkylation sites (N-methyl/N-ethyl adjacent to an activating group) is 1. The summed E-state index contributed by atoms with van der Waals surface area (Å²) in [6, 6.07) is 4.90. The van der Waals surface area contributed by atoms with Gasteiger partial charge in [-0.2, -0.15) is 0 Å². The largest absolute Gasteiger partial charge is 0.480 e. The number of rotatable bonds is 5. The first-order chi connectivity index (χ1) is 9.99. The molecule has 2 aromatic heterocycles. The van der Waals surface area contributed by atoms with E-state index in [-0.39, 0.29) is 12.1 Å². The lowest BCUT2D eigenvalue weighted by Crippen LogP contribution is -2.25. The second kappa shape index (κ2) is 6.17. The summed E-state index contributed by atoms with van der Waals surface area (Å²) < 4.78 is 0. The molecule has 0 aliphatic carbocycles. The Kier molecular flexibility index (Phi) is 4.32. The third-order valence-corrected chi connectivity index (χ3v) is 2.94. The summed E-state index contributed by atoms with van der Waals surface area (Å²) in [4.78, 5) is 34.9. The van der Waals surface area contributed by atoms with E-state index in [2.05, 4.69) is 15.0 Å². The SMILES string of the molecule is CCc1cc(=O)[nH]c(-c2ccc(N(C)CC(=O)O)nc2)n1. The molecule has 2 N–H and O–H groups in total. The molecule has 0 radical (unpaired) electrons. The van der Waals surface area contributed by atoms with Gasteiger partial charge in [0.2, 0.25) is 0 Å². The zero-order valence-corrected chi connectivity index (χ0v) is 11.8. The summed E-state index contributed by atoms with van der Waals surface area (Å²) in [6.45, 7) is 1.79. The molecular formula is C14H16N4O3. The molecule has 0 bridgehead atoms. The second-order valence-electron chi connectivity index (χ2n) is 4.59. The van der Waals surface area contributed by atoms with Gasteiger partial charge in [0, 0.05) is 30.6 Å². The Balaban J connectivity index is 2.28. The summed E-state index contributed by atoms with van der Waals surface area (Å²) in [6.07, 6.45) is 2.23. The molecule has 0 aliphatic heterocycles. The van der Waals surface area contributed by atoms with Crippen molar-refractivity contribution in [2.75, 3.05) is 18.5 Å². The lowest BCUT2D eigenvalue weighted by atomic mass is 10.2. The minimum Gasteiger partial charge on any atom is -0.480 e. The molecule has 0 aliphatic rings. The third-order valence-electron chi connectivity index (χ3n) is 2.94. The molecule has 2 heterocycles. The molecular weight excluding hydrogens is 272 g/mol. The van der Waals surface area contributed by atoms with Crippen LogP contribution in [0.2, 0.25) is 0 Å². The van der Waals surface area contributed by atoms with E-state index in [4.69, 9.17) is 5.11 Å². The van der Waals surface area contributed by atoms with Crippen molar-refractivity contribution in [2.45, 2.75) is 13.3 Å². The van der Waals surface area contributed by atoms with Gasteiger partial charge in [-0.1, -0.05) is 6.92 Å². The van der Waals surface area contributed by atoms with Crippen LogP contribution in [0.25, 0.3) is 11.4 Å². The number of aryl methyl sites for hydroxylation is 1. The van der Waals surface area contributed by atoms with E-state index in [9.17, 15) is 9.59 Å². The monoisotopic (exact) mass is 288 g/mol. The highest BCUT2D eigenvalue weighted by atomic mass is 16.4. The number of hydrogen-bond acceptors (Lipinski definition) is 5. The fourth-order valence-corrected chi connectivity index (χ4v) is 1.86. The van der Waals surface area contributed by atoms with Gasteiger partial charge >= 0.3 is 5.97 Å². The van der Waals surface area contributed by atoms with E-state index < -0.39 is 5.97 Å². The summed E-state index contributed by atoms with van der Waals surface area (Å²) in [5.74, 6) is 0.0689. The predicted octanol–water partition coefficient (Wildman–Crippen LogP) is 0.915. The number of hydrogen-bond donors (Lipinski definition) is 2. The van der Waals surface area contributed by atoms with Crippen molar-refractivity contribution in [3.8, 4) is 11.4 Å². The van der Waals surface area contributed by atoms with Gasteiger partial charge in [-0.3, -0.25) is 9.59 Å². The first-order valence-electron chi connectivity index (χ1n) is 6.49. The first kappa shape index (κ1) is 14.7. The number of carboxylic acid groups (broad SMARTS) is 1. The van der Waals surface area contributed by atoms with E-state index >= 15 is 0 Å². The van der Waals surface area contributed by atoms with Crippen molar-refractivity contribution < 1.29 is 9.90 Å². The number of anilines is 1. The maximum Gasteiger partial charge on any atom is 0.323 e. The smallest absolute Gasteiger partial charge is 0.323 e. The van der Waals surface area contributed by atoms with Crippen LogP contribution in [0.15, 0.2) is 29.2 Å². The Morgan fingerprint density at radius 2 is 2.19 bits per heavy atom. The summed E-state index contributed by atoms with van der Waals surface area (Å²) in [5, 5.41) is 8.75. The van der Waals surface area contributed by atoms with E-state index in [1.165, 1.54) is 11.0 Å². The minimum atomic E-state index is -0.926. The highest BCUT2D eigenvalue weighted by Crippen LogP contribution is 2.16. The van der Waals surface area contributed by atoms with Crippen molar-refractivity contribution in [3.63, 3.8) is 0 Å². The number of carbonyl (C=O) groups is 1. The molecule has 7 heteroatoms. The number of aromatic amines is 1. The van der Waals surface area contributed by atoms with E-state index in [0.717, 1.165) is 0 Å². The predicted molar refractivity (Wildman–Crippen MR) is 78.4 cm³/mol. The summed E-state index contributed by atoms with van der Waals surface area (Å²) in [7, 11) is 1.65. The molecule has 0 spiro atoms. The Labute approximate surface area is 121 Å². The number of H-pyrrole nitrogens is 1. The quantitative estimate of drug-likeness (QED) is 0.848. The van der Waals surface area contributed by atoms with Gasteiger partial charge in [0.05, 0.1) is 0 Å². The van der Waals surface area contributed by atoms with Crippen LogP contribution < -0.4 is 10.5 Å². The van der Waals surface area contributed by atoms with Gasteiger partial charge < -0.3 is 15.0 Å². The zero-order chi connectivity index (χ0) is 15.4. The van der Waals surface area contributed by atoms with Crippen LogP contribution >= 0.6 is 0 Å². The molecule has 21 heavy (non-hydrogen) atoms.